The molecule has 1 saturated carbocycles. The van der Waals surface area contributed by atoms with Gasteiger partial charge in [-0.3, -0.25) is 4.79 Å². The third-order valence-electron chi connectivity index (χ3n) is 6.40. The van der Waals surface area contributed by atoms with E-state index in [9.17, 15) is 9.59 Å². The maximum Gasteiger partial charge on any atom is 0.213 e. The molecule has 0 amide bonds. The summed E-state index contributed by atoms with van der Waals surface area (Å²) >= 11 is 0. The van der Waals surface area contributed by atoms with Crippen molar-refractivity contribution >= 4 is 35.0 Å². The van der Waals surface area contributed by atoms with Crippen LogP contribution in [-0.2, 0) is 4.79 Å². The molecule has 4 N–H and O–H groups in total. The molecular formula is C27H38N4O4. The van der Waals surface area contributed by atoms with Crippen molar-refractivity contribution in [3.8, 4) is 5.88 Å². The zero-order valence-corrected chi connectivity index (χ0v) is 21.3. The third-order valence-corrected chi connectivity index (χ3v) is 6.40. The second-order valence-electron chi connectivity index (χ2n) is 8.70. The summed E-state index contributed by atoms with van der Waals surface area (Å²) in [5.41, 5.74) is 9.27. The van der Waals surface area contributed by atoms with Gasteiger partial charge >= 0.3 is 0 Å². The van der Waals surface area contributed by atoms with Crippen LogP contribution >= 0.6 is 0 Å². The lowest BCUT2D eigenvalue weighted by atomic mass is 9.79. The number of pyridine rings is 1. The number of aryl methyl sites for hydroxylation is 1. The molecule has 1 fully saturated rings. The number of methoxy groups -OCH3 is 1. The first-order valence-corrected chi connectivity index (χ1v) is 11.9. The summed E-state index contributed by atoms with van der Waals surface area (Å²) in [6.45, 7) is 4.31. The number of nitrogens with one attached hydrogen (secondary N) is 2. The standard InChI is InChI=1S/C10H19NO.C9H8N2O3.C8H11N/c1-8(11-2)10-5-3-9(7-12)4-6-10;1-13-7-3-2-5-9(11-7)8(10)6(4-12)14-5;1-7-3-5-8(9-2)6-4-7/h7-11H,3-6H2,1-2H3;2-4H,10H2,1H3;3-6,9H,1-2H3. The van der Waals surface area contributed by atoms with Gasteiger partial charge in [0.05, 0.1) is 7.11 Å². The monoisotopic (exact) mass is 482 g/mol. The first kappa shape index (κ1) is 27.9. The number of rotatable bonds is 6. The Morgan fingerprint density at radius 2 is 1.74 bits per heavy atom. The van der Waals surface area contributed by atoms with Gasteiger partial charge in [-0.25, -0.2) is 4.98 Å². The highest BCUT2D eigenvalue weighted by Crippen LogP contribution is 2.29. The Kier molecular flexibility index (Phi) is 11.2. The minimum Gasteiger partial charge on any atom is -0.481 e. The Labute approximate surface area is 207 Å². The first-order valence-electron chi connectivity index (χ1n) is 11.9. The minimum absolute atomic E-state index is 0.0979. The van der Waals surface area contributed by atoms with Crippen LogP contribution in [-0.4, -0.2) is 44.8 Å². The molecule has 190 valence electrons. The number of fused-ring (bicyclic) bond motifs is 1. The largest absolute Gasteiger partial charge is 0.481 e. The second-order valence-corrected chi connectivity index (χ2v) is 8.70. The number of hydrogen-bond donors (Lipinski definition) is 3. The van der Waals surface area contributed by atoms with Gasteiger partial charge < -0.3 is 30.3 Å². The predicted octanol–water partition coefficient (Wildman–Crippen LogP) is 4.87. The maximum absolute atomic E-state index is 10.5. The van der Waals surface area contributed by atoms with E-state index in [1.165, 1.54) is 31.2 Å². The number of ether oxygens (including phenoxy) is 1. The SMILES string of the molecule is CNC(C)C1CCC(C=O)CC1.CNc1ccc(C)cc1.COc1ccc2oc(C=O)c(N)c2n1. The van der Waals surface area contributed by atoms with Crippen LogP contribution in [0.15, 0.2) is 40.8 Å². The van der Waals surface area contributed by atoms with E-state index in [4.69, 9.17) is 14.9 Å². The van der Waals surface area contributed by atoms with Crippen LogP contribution in [0.4, 0.5) is 11.4 Å². The fourth-order valence-corrected chi connectivity index (χ4v) is 3.93. The number of aldehydes is 2. The number of nitrogens with two attached hydrogens (primary N) is 1. The van der Waals surface area contributed by atoms with Gasteiger partial charge in [0.1, 0.15) is 17.5 Å². The molecule has 0 spiro atoms. The molecule has 8 nitrogen and oxygen atoms in total. The molecule has 1 atom stereocenters. The number of benzene rings is 1. The number of carbonyl (C=O) groups is 2. The summed E-state index contributed by atoms with van der Waals surface area (Å²) in [5.74, 6) is 1.67. The number of furan rings is 1. The van der Waals surface area contributed by atoms with Gasteiger partial charge in [-0.1, -0.05) is 17.7 Å². The van der Waals surface area contributed by atoms with Crippen molar-refractivity contribution in [2.24, 2.45) is 11.8 Å². The molecule has 1 unspecified atom stereocenters. The average Bonchev–Trinajstić information content (AvgIpc) is 3.24. The lowest BCUT2D eigenvalue weighted by Crippen LogP contribution is -2.33. The Balaban J connectivity index is 0.000000190. The topological polar surface area (TPSA) is 119 Å². The molecule has 0 aliphatic heterocycles. The van der Waals surface area contributed by atoms with Crippen LogP contribution in [0.2, 0.25) is 0 Å². The van der Waals surface area contributed by atoms with E-state index in [-0.39, 0.29) is 11.4 Å². The highest BCUT2D eigenvalue weighted by molar-refractivity contribution is 5.96. The van der Waals surface area contributed by atoms with Crippen molar-refractivity contribution in [1.29, 1.82) is 0 Å². The minimum atomic E-state index is 0.0979. The van der Waals surface area contributed by atoms with Crippen molar-refractivity contribution in [1.82, 2.24) is 10.3 Å². The van der Waals surface area contributed by atoms with E-state index in [2.05, 4.69) is 53.7 Å². The number of nitrogens with zero attached hydrogens (tertiary/aromatic N) is 1. The highest BCUT2D eigenvalue weighted by atomic mass is 16.5. The summed E-state index contributed by atoms with van der Waals surface area (Å²) in [4.78, 5) is 25.1. The lowest BCUT2D eigenvalue weighted by Gasteiger charge is -2.29. The van der Waals surface area contributed by atoms with E-state index < -0.39 is 0 Å². The number of aromatic nitrogens is 1. The van der Waals surface area contributed by atoms with E-state index in [0.29, 0.717) is 35.2 Å². The summed E-state index contributed by atoms with van der Waals surface area (Å²) in [7, 11) is 5.44. The van der Waals surface area contributed by atoms with Crippen molar-refractivity contribution in [2.75, 3.05) is 32.3 Å². The number of hydrogen-bond acceptors (Lipinski definition) is 8. The Morgan fingerprint density at radius 1 is 1.09 bits per heavy atom. The van der Waals surface area contributed by atoms with E-state index in [0.717, 1.165) is 25.0 Å². The maximum atomic E-state index is 10.5. The van der Waals surface area contributed by atoms with Crippen molar-refractivity contribution < 1.29 is 18.7 Å². The normalized spacial score (nSPS) is 17.7. The molecule has 1 aliphatic rings. The average molecular weight is 483 g/mol. The smallest absolute Gasteiger partial charge is 0.213 e. The zero-order valence-electron chi connectivity index (χ0n) is 21.3. The molecule has 1 aromatic carbocycles. The van der Waals surface area contributed by atoms with Crippen molar-refractivity contribution in [3.05, 3.63) is 47.7 Å². The second kappa shape index (κ2) is 14.1. The van der Waals surface area contributed by atoms with Crippen LogP contribution in [0.25, 0.3) is 11.1 Å². The molecule has 2 aromatic heterocycles. The van der Waals surface area contributed by atoms with E-state index >= 15 is 0 Å². The summed E-state index contributed by atoms with van der Waals surface area (Å²) in [6.07, 6.45) is 6.31. The quantitative estimate of drug-likeness (QED) is 0.426. The Hall–Kier alpha value is -3.39. The Morgan fingerprint density at radius 3 is 2.26 bits per heavy atom. The summed E-state index contributed by atoms with van der Waals surface area (Å²) in [5, 5.41) is 6.33. The van der Waals surface area contributed by atoms with Gasteiger partial charge in [0.15, 0.2) is 17.6 Å². The molecule has 0 saturated heterocycles. The first-order chi connectivity index (χ1) is 16.9. The third kappa shape index (κ3) is 8.10. The van der Waals surface area contributed by atoms with Crippen molar-refractivity contribution in [2.45, 2.75) is 45.6 Å². The van der Waals surface area contributed by atoms with Gasteiger partial charge in [0, 0.05) is 30.8 Å². The van der Waals surface area contributed by atoms with Crippen LogP contribution in [0, 0.1) is 18.8 Å². The number of nitrogen functional groups attached to an aromatic ring is 1. The molecule has 0 bridgehead atoms. The van der Waals surface area contributed by atoms with E-state index in [1.54, 1.807) is 12.1 Å². The van der Waals surface area contributed by atoms with Crippen LogP contribution < -0.4 is 21.1 Å². The lowest BCUT2D eigenvalue weighted by molar-refractivity contribution is -0.112. The molecule has 3 aromatic rings. The summed E-state index contributed by atoms with van der Waals surface area (Å²) < 4.78 is 10.1. The molecular weight excluding hydrogens is 444 g/mol. The summed E-state index contributed by atoms with van der Waals surface area (Å²) in [6, 6.07) is 12.2. The molecule has 2 heterocycles. The molecule has 8 heteroatoms. The molecule has 4 rings (SSSR count). The molecule has 1 aliphatic carbocycles. The fourth-order valence-electron chi connectivity index (χ4n) is 3.93. The van der Waals surface area contributed by atoms with Gasteiger partial charge in [-0.15, -0.1) is 0 Å². The Bertz CT molecular complexity index is 1060. The van der Waals surface area contributed by atoms with Gasteiger partial charge in [-0.2, -0.15) is 0 Å². The molecule has 0 radical (unpaired) electrons. The van der Waals surface area contributed by atoms with Crippen LogP contribution in [0.5, 0.6) is 5.88 Å². The van der Waals surface area contributed by atoms with E-state index in [1.807, 2.05) is 14.1 Å². The van der Waals surface area contributed by atoms with Crippen LogP contribution in [0.3, 0.4) is 0 Å². The van der Waals surface area contributed by atoms with Gasteiger partial charge in [0.2, 0.25) is 5.88 Å². The highest BCUT2D eigenvalue weighted by Gasteiger charge is 2.23. The fraction of sp³-hybridized carbons (Fsp3) is 0.444. The zero-order chi connectivity index (χ0) is 25.8. The number of carbonyl (C=O) groups excluding carboxylic acids is 2. The predicted molar refractivity (Wildman–Crippen MR) is 141 cm³/mol. The van der Waals surface area contributed by atoms with Gasteiger partial charge in [-0.05, 0) is 70.7 Å². The van der Waals surface area contributed by atoms with Crippen LogP contribution in [0.1, 0.15) is 48.7 Å². The molecule has 35 heavy (non-hydrogen) atoms. The number of anilines is 2. The van der Waals surface area contributed by atoms with Crippen molar-refractivity contribution in [3.63, 3.8) is 0 Å². The van der Waals surface area contributed by atoms with Gasteiger partial charge in [0.25, 0.3) is 0 Å².